The molecule has 0 aromatic heterocycles. The number of hydrogen-bond donors (Lipinski definition) is 3. The molecule has 19 heavy (non-hydrogen) atoms. The number of carboxylic acid groups (broad SMARTS) is 1. The summed E-state index contributed by atoms with van der Waals surface area (Å²) < 4.78 is 4.84. The number of carbonyl (C=O) groups is 2. The number of anilines is 1. The van der Waals surface area contributed by atoms with E-state index in [-0.39, 0.29) is 11.5 Å². The molecule has 1 unspecified atom stereocenters. The van der Waals surface area contributed by atoms with Crippen molar-refractivity contribution in [3.05, 3.63) is 29.8 Å². The van der Waals surface area contributed by atoms with Gasteiger partial charge in [0.25, 0.3) is 0 Å². The molecule has 0 aliphatic heterocycles. The van der Waals surface area contributed by atoms with Crippen LogP contribution in [0.15, 0.2) is 24.3 Å². The highest BCUT2D eigenvalue weighted by atomic mass is 16.5. The molecule has 0 aliphatic carbocycles. The summed E-state index contributed by atoms with van der Waals surface area (Å²) in [5.74, 6) is -1.11. The molecule has 6 heteroatoms. The Labute approximate surface area is 111 Å². The lowest BCUT2D eigenvalue weighted by Gasteiger charge is -2.15. The maximum Gasteiger partial charge on any atom is 0.335 e. The molecule has 6 nitrogen and oxygen atoms in total. The molecule has 1 atom stereocenters. The first-order chi connectivity index (χ1) is 9.04. The van der Waals surface area contributed by atoms with Crippen LogP contribution in [0.25, 0.3) is 0 Å². The number of ether oxygens (including phenoxy) is 1. The Morgan fingerprint density at radius 1 is 1.32 bits per heavy atom. The fourth-order valence-electron chi connectivity index (χ4n) is 1.45. The Hall–Kier alpha value is -2.08. The highest BCUT2D eigenvalue weighted by Crippen LogP contribution is 2.10. The van der Waals surface area contributed by atoms with Crippen LogP contribution in [0, 0.1) is 0 Å². The molecule has 1 aromatic carbocycles. The minimum absolute atomic E-state index is 0.139. The molecule has 1 amide bonds. The monoisotopic (exact) mass is 266 g/mol. The Morgan fingerprint density at radius 2 is 1.95 bits per heavy atom. The van der Waals surface area contributed by atoms with Gasteiger partial charge in [0.15, 0.2) is 0 Å². The highest BCUT2D eigenvalue weighted by molar-refractivity contribution is 5.88. The van der Waals surface area contributed by atoms with Crippen molar-refractivity contribution in [1.29, 1.82) is 0 Å². The first-order valence-electron chi connectivity index (χ1n) is 5.91. The fraction of sp³-hybridized carbons (Fsp3) is 0.385. The molecular formula is C13H18N2O4. The van der Waals surface area contributed by atoms with E-state index in [9.17, 15) is 9.59 Å². The Morgan fingerprint density at radius 3 is 2.47 bits per heavy atom. The predicted molar refractivity (Wildman–Crippen MR) is 71.4 cm³/mol. The average Bonchev–Trinajstić information content (AvgIpc) is 2.39. The third-order valence-corrected chi connectivity index (χ3v) is 2.51. The number of carbonyl (C=O) groups excluding carboxylic acids is 1. The van der Waals surface area contributed by atoms with E-state index < -0.39 is 12.0 Å². The van der Waals surface area contributed by atoms with Crippen LogP contribution >= 0.6 is 0 Å². The van der Waals surface area contributed by atoms with E-state index in [2.05, 4.69) is 10.6 Å². The van der Waals surface area contributed by atoms with E-state index in [1.54, 1.807) is 26.2 Å². The van der Waals surface area contributed by atoms with Crippen LogP contribution in [0.5, 0.6) is 0 Å². The van der Waals surface area contributed by atoms with Crippen molar-refractivity contribution in [3.8, 4) is 0 Å². The van der Waals surface area contributed by atoms with Crippen LogP contribution in [0.1, 0.15) is 17.3 Å². The Bertz CT molecular complexity index is 431. The first kappa shape index (κ1) is 15.0. The lowest BCUT2D eigenvalue weighted by atomic mass is 10.2. The van der Waals surface area contributed by atoms with E-state index in [1.807, 2.05) is 0 Å². The van der Waals surface area contributed by atoms with Crippen molar-refractivity contribution in [2.75, 3.05) is 25.6 Å². The third-order valence-electron chi connectivity index (χ3n) is 2.51. The zero-order valence-electron chi connectivity index (χ0n) is 11.0. The van der Waals surface area contributed by atoms with Crippen LogP contribution in [0.4, 0.5) is 5.69 Å². The number of amides is 1. The van der Waals surface area contributed by atoms with Gasteiger partial charge in [-0.2, -0.15) is 0 Å². The normalized spacial score (nSPS) is 11.7. The molecular weight excluding hydrogens is 248 g/mol. The van der Waals surface area contributed by atoms with Gasteiger partial charge >= 0.3 is 5.97 Å². The van der Waals surface area contributed by atoms with Gasteiger partial charge in [-0.15, -0.1) is 0 Å². The molecule has 1 rings (SSSR count). The number of aromatic carboxylic acids is 1. The van der Waals surface area contributed by atoms with Gasteiger partial charge in [-0.3, -0.25) is 4.79 Å². The number of carboxylic acids is 1. The molecule has 0 saturated heterocycles. The van der Waals surface area contributed by atoms with Crippen LogP contribution in [-0.2, 0) is 9.53 Å². The van der Waals surface area contributed by atoms with E-state index in [1.165, 1.54) is 12.1 Å². The van der Waals surface area contributed by atoms with Gasteiger partial charge in [-0.25, -0.2) is 4.79 Å². The second-order valence-electron chi connectivity index (χ2n) is 4.03. The summed E-state index contributed by atoms with van der Waals surface area (Å²) >= 11 is 0. The SMILES string of the molecule is COCCNC(=O)C(C)Nc1ccc(C(=O)O)cc1. The second-order valence-corrected chi connectivity index (χ2v) is 4.03. The smallest absolute Gasteiger partial charge is 0.335 e. The number of rotatable bonds is 7. The third kappa shape index (κ3) is 4.97. The average molecular weight is 266 g/mol. The van der Waals surface area contributed by atoms with Gasteiger partial charge in [-0.05, 0) is 31.2 Å². The van der Waals surface area contributed by atoms with Crippen LogP contribution in [0.3, 0.4) is 0 Å². The van der Waals surface area contributed by atoms with Gasteiger partial charge in [0.1, 0.15) is 6.04 Å². The summed E-state index contributed by atoms with van der Waals surface area (Å²) in [7, 11) is 1.57. The number of nitrogens with one attached hydrogen (secondary N) is 2. The van der Waals surface area contributed by atoms with Crippen molar-refractivity contribution in [3.63, 3.8) is 0 Å². The summed E-state index contributed by atoms with van der Waals surface area (Å²) in [5.41, 5.74) is 0.905. The Balaban J connectivity index is 2.49. The zero-order valence-corrected chi connectivity index (χ0v) is 11.0. The van der Waals surface area contributed by atoms with Gasteiger partial charge in [0.2, 0.25) is 5.91 Å². The van der Waals surface area contributed by atoms with Crippen molar-refractivity contribution in [1.82, 2.24) is 5.32 Å². The van der Waals surface area contributed by atoms with Crippen molar-refractivity contribution in [2.24, 2.45) is 0 Å². The summed E-state index contributed by atoms with van der Waals surface area (Å²) in [6.07, 6.45) is 0. The maximum atomic E-state index is 11.7. The molecule has 0 bridgehead atoms. The molecule has 1 aromatic rings. The Kier molecular flexibility index (Phi) is 5.81. The molecule has 3 N–H and O–H groups in total. The summed E-state index contributed by atoms with van der Waals surface area (Å²) in [6.45, 7) is 2.65. The number of methoxy groups -OCH3 is 1. The van der Waals surface area contributed by atoms with Crippen LogP contribution < -0.4 is 10.6 Å². The zero-order chi connectivity index (χ0) is 14.3. The summed E-state index contributed by atoms with van der Waals surface area (Å²) in [6, 6.07) is 5.82. The molecule has 0 spiro atoms. The van der Waals surface area contributed by atoms with E-state index in [4.69, 9.17) is 9.84 Å². The van der Waals surface area contributed by atoms with E-state index >= 15 is 0 Å². The fourth-order valence-corrected chi connectivity index (χ4v) is 1.45. The standard InChI is InChI=1S/C13H18N2O4/c1-9(12(16)14-7-8-19-2)15-11-5-3-10(4-6-11)13(17)18/h3-6,9,15H,7-8H2,1-2H3,(H,14,16)(H,17,18). The molecule has 0 radical (unpaired) electrons. The number of hydrogen-bond acceptors (Lipinski definition) is 4. The predicted octanol–water partition coefficient (Wildman–Crippen LogP) is 0.948. The maximum absolute atomic E-state index is 11.7. The topological polar surface area (TPSA) is 87.7 Å². The molecule has 0 heterocycles. The summed E-state index contributed by atoms with van der Waals surface area (Å²) in [4.78, 5) is 22.4. The van der Waals surface area contributed by atoms with Crippen LogP contribution in [-0.4, -0.2) is 43.3 Å². The van der Waals surface area contributed by atoms with Crippen molar-refractivity contribution < 1.29 is 19.4 Å². The van der Waals surface area contributed by atoms with Gasteiger partial charge < -0.3 is 20.5 Å². The van der Waals surface area contributed by atoms with Gasteiger partial charge in [-0.1, -0.05) is 0 Å². The summed E-state index contributed by atoms with van der Waals surface area (Å²) in [5, 5.41) is 14.5. The largest absolute Gasteiger partial charge is 0.478 e. The minimum Gasteiger partial charge on any atom is -0.478 e. The molecule has 0 aliphatic rings. The quantitative estimate of drug-likeness (QED) is 0.639. The number of benzene rings is 1. The van der Waals surface area contributed by atoms with Gasteiger partial charge in [0.05, 0.1) is 12.2 Å². The van der Waals surface area contributed by atoms with Gasteiger partial charge in [0, 0.05) is 19.3 Å². The molecule has 0 saturated carbocycles. The van der Waals surface area contributed by atoms with Crippen molar-refractivity contribution in [2.45, 2.75) is 13.0 Å². The van der Waals surface area contributed by atoms with E-state index in [0.29, 0.717) is 18.8 Å². The molecule has 0 fully saturated rings. The van der Waals surface area contributed by atoms with Crippen molar-refractivity contribution >= 4 is 17.6 Å². The van der Waals surface area contributed by atoms with Crippen LogP contribution in [0.2, 0.25) is 0 Å². The highest BCUT2D eigenvalue weighted by Gasteiger charge is 2.12. The minimum atomic E-state index is -0.975. The second kappa shape index (κ2) is 7.38. The van der Waals surface area contributed by atoms with E-state index in [0.717, 1.165) is 0 Å². The molecule has 104 valence electrons. The first-order valence-corrected chi connectivity index (χ1v) is 5.91. The lowest BCUT2D eigenvalue weighted by Crippen LogP contribution is -2.39. The lowest BCUT2D eigenvalue weighted by molar-refractivity contribution is -0.121.